The van der Waals surface area contributed by atoms with Gasteiger partial charge in [0.25, 0.3) is 0 Å². The van der Waals surface area contributed by atoms with Crippen molar-refractivity contribution in [3.8, 4) is 0 Å². The molecule has 1 aromatic rings. The topological polar surface area (TPSA) is 32.7 Å². The second kappa shape index (κ2) is 6.60. The van der Waals surface area contributed by atoms with Crippen LogP contribution in [0.1, 0.15) is 31.2 Å². The van der Waals surface area contributed by atoms with Gasteiger partial charge in [0.05, 0.1) is 6.54 Å². The van der Waals surface area contributed by atoms with Gasteiger partial charge in [0, 0.05) is 18.2 Å². The standard InChI is InChI=1S/C16H19FN2OS/c17-14-8-4-3-7-13(14)11-21-16-18-9-10-19(16)15(20)12-5-1-2-6-12/h3-4,7-8,12H,1-2,5-6,9-11H2. The molecule has 1 saturated carbocycles. The second-order valence-corrected chi connectivity index (χ2v) is 6.46. The first-order chi connectivity index (χ1) is 10.3. The third kappa shape index (κ3) is 3.28. The number of hydrogen-bond acceptors (Lipinski definition) is 3. The molecule has 0 bridgehead atoms. The predicted molar refractivity (Wildman–Crippen MR) is 83.7 cm³/mol. The van der Waals surface area contributed by atoms with Crippen molar-refractivity contribution in [2.75, 3.05) is 13.1 Å². The summed E-state index contributed by atoms with van der Waals surface area (Å²) in [5.41, 5.74) is 0.658. The van der Waals surface area contributed by atoms with E-state index >= 15 is 0 Å². The van der Waals surface area contributed by atoms with E-state index in [0.717, 1.165) is 30.9 Å². The number of nitrogens with zero attached hydrogens (tertiary/aromatic N) is 2. The minimum atomic E-state index is -0.197. The van der Waals surface area contributed by atoms with Gasteiger partial charge in [-0.05, 0) is 24.5 Å². The van der Waals surface area contributed by atoms with Crippen LogP contribution in [0, 0.1) is 11.7 Å². The lowest BCUT2D eigenvalue weighted by Gasteiger charge is -2.21. The third-order valence-corrected chi connectivity index (χ3v) is 5.15. The highest BCUT2D eigenvalue weighted by atomic mass is 32.2. The molecule has 1 amide bonds. The molecule has 2 aliphatic rings. The molecule has 0 atom stereocenters. The lowest BCUT2D eigenvalue weighted by atomic mass is 10.1. The maximum Gasteiger partial charge on any atom is 0.231 e. The Bertz CT molecular complexity index is 555. The van der Waals surface area contributed by atoms with Gasteiger partial charge in [0.15, 0.2) is 5.17 Å². The average Bonchev–Trinajstić information content (AvgIpc) is 3.17. The second-order valence-electron chi connectivity index (χ2n) is 5.52. The molecule has 1 heterocycles. The number of amidine groups is 1. The Balaban J connectivity index is 1.62. The highest BCUT2D eigenvalue weighted by Gasteiger charge is 2.31. The van der Waals surface area contributed by atoms with Gasteiger partial charge < -0.3 is 0 Å². The van der Waals surface area contributed by atoms with Crippen LogP contribution >= 0.6 is 11.8 Å². The highest BCUT2D eigenvalue weighted by molar-refractivity contribution is 8.13. The summed E-state index contributed by atoms with van der Waals surface area (Å²) in [6, 6.07) is 6.76. The first-order valence-corrected chi connectivity index (χ1v) is 8.46. The van der Waals surface area contributed by atoms with Crippen molar-refractivity contribution >= 4 is 22.8 Å². The number of hydrogen-bond donors (Lipinski definition) is 0. The van der Waals surface area contributed by atoms with Crippen LogP contribution in [0.15, 0.2) is 29.3 Å². The highest BCUT2D eigenvalue weighted by Crippen LogP contribution is 2.29. The van der Waals surface area contributed by atoms with Crippen LogP contribution in [0.4, 0.5) is 4.39 Å². The number of halogens is 1. The predicted octanol–water partition coefficient (Wildman–Crippen LogP) is 3.45. The molecule has 1 aliphatic carbocycles. The summed E-state index contributed by atoms with van der Waals surface area (Å²) in [7, 11) is 0. The summed E-state index contributed by atoms with van der Waals surface area (Å²) in [4.78, 5) is 18.7. The Hall–Kier alpha value is -1.36. The van der Waals surface area contributed by atoms with E-state index in [9.17, 15) is 9.18 Å². The lowest BCUT2D eigenvalue weighted by Crippen LogP contribution is -2.36. The number of carbonyl (C=O) groups is 1. The van der Waals surface area contributed by atoms with Gasteiger partial charge in [0.2, 0.25) is 5.91 Å². The summed E-state index contributed by atoms with van der Waals surface area (Å²) < 4.78 is 13.6. The van der Waals surface area contributed by atoms with E-state index in [-0.39, 0.29) is 17.6 Å². The Labute approximate surface area is 128 Å². The van der Waals surface area contributed by atoms with Crippen molar-refractivity contribution in [1.29, 1.82) is 0 Å². The Morgan fingerprint density at radius 1 is 1.33 bits per heavy atom. The molecule has 0 spiro atoms. The lowest BCUT2D eigenvalue weighted by molar-refractivity contribution is -0.130. The smallest absolute Gasteiger partial charge is 0.231 e. The molecule has 1 aromatic carbocycles. The zero-order chi connectivity index (χ0) is 14.7. The van der Waals surface area contributed by atoms with Crippen LogP contribution in [0.5, 0.6) is 0 Å². The van der Waals surface area contributed by atoms with Crippen molar-refractivity contribution < 1.29 is 9.18 Å². The van der Waals surface area contributed by atoms with Crippen molar-refractivity contribution in [3.63, 3.8) is 0 Å². The van der Waals surface area contributed by atoms with E-state index in [1.807, 2.05) is 11.0 Å². The van der Waals surface area contributed by atoms with Crippen LogP contribution in [-0.2, 0) is 10.5 Å². The molecule has 0 radical (unpaired) electrons. The molecule has 21 heavy (non-hydrogen) atoms. The normalized spacial score (nSPS) is 19.1. The molecular weight excluding hydrogens is 287 g/mol. The fourth-order valence-electron chi connectivity index (χ4n) is 2.91. The zero-order valence-electron chi connectivity index (χ0n) is 11.9. The number of benzene rings is 1. The Kier molecular flexibility index (Phi) is 4.58. The summed E-state index contributed by atoms with van der Waals surface area (Å²) >= 11 is 1.46. The largest absolute Gasteiger partial charge is 0.289 e. The quantitative estimate of drug-likeness (QED) is 0.857. The van der Waals surface area contributed by atoms with Crippen molar-refractivity contribution in [2.45, 2.75) is 31.4 Å². The third-order valence-electron chi connectivity index (χ3n) is 4.09. The van der Waals surface area contributed by atoms with E-state index in [4.69, 9.17) is 0 Å². The van der Waals surface area contributed by atoms with Crippen molar-refractivity contribution in [2.24, 2.45) is 10.9 Å². The molecular formula is C16H19FN2OS. The SMILES string of the molecule is O=C(C1CCCC1)N1CCN=C1SCc1ccccc1F. The number of carbonyl (C=O) groups excluding carboxylic acids is 1. The van der Waals surface area contributed by atoms with Crippen molar-refractivity contribution in [3.05, 3.63) is 35.6 Å². The minimum absolute atomic E-state index is 0.169. The first-order valence-electron chi connectivity index (χ1n) is 7.48. The van der Waals surface area contributed by atoms with Gasteiger partial charge in [-0.25, -0.2) is 4.39 Å². The van der Waals surface area contributed by atoms with E-state index < -0.39 is 0 Å². The molecule has 0 saturated heterocycles. The van der Waals surface area contributed by atoms with Gasteiger partial charge in [-0.1, -0.05) is 42.8 Å². The van der Waals surface area contributed by atoms with Gasteiger partial charge in [0.1, 0.15) is 5.82 Å². The molecule has 112 valence electrons. The molecule has 3 nitrogen and oxygen atoms in total. The molecule has 0 N–H and O–H groups in total. The van der Waals surface area contributed by atoms with Crippen LogP contribution in [-0.4, -0.2) is 29.1 Å². The van der Waals surface area contributed by atoms with Crippen LogP contribution in [0.3, 0.4) is 0 Å². The monoisotopic (exact) mass is 306 g/mol. The minimum Gasteiger partial charge on any atom is -0.289 e. The van der Waals surface area contributed by atoms with Gasteiger partial charge in [-0.2, -0.15) is 0 Å². The van der Waals surface area contributed by atoms with Gasteiger partial charge in [-0.3, -0.25) is 14.7 Å². The van der Waals surface area contributed by atoms with E-state index in [2.05, 4.69) is 4.99 Å². The van der Waals surface area contributed by atoms with Crippen LogP contribution in [0.2, 0.25) is 0 Å². The maximum absolute atomic E-state index is 13.6. The zero-order valence-corrected chi connectivity index (χ0v) is 12.7. The maximum atomic E-state index is 13.6. The molecule has 0 unspecified atom stereocenters. The summed E-state index contributed by atoms with van der Waals surface area (Å²) in [6.45, 7) is 1.34. The fourth-order valence-corrected chi connectivity index (χ4v) is 3.94. The number of amides is 1. The molecule has 3 rings (SSSR count). The molecule has 0 aromatic heterocycles. The molecule has 1 fully saturated rings. The van der Waals surface area contributed by atoms with Gasteiger partial charge >= 0.3 is 0 Å². The first kappa shape index (κ1) is 14.6. The van der Waals surface area contributed by atoms with Crippen LogP contribution in [0.25, 0.3) is 0 Å². The summed E-state index contributed by atoms with van der Waals surface area (Å²) in [6.07, 6.45) is 4.30. The fraction of sp³-hybridized carbons (Fsp3) is 0.500. The van der Waals surface area contributed by atoms with E-state index in [0.29, 0.717) is 24.4 Å². The van der Waals surface area contributed by atoms with E-state index in [1.54, 1.807) is 12.1 Å². The number of rotatable bonds is 3. The Morgan fingerprint density at radius 2 is 2.10 bits per heavy atom. The number of aliphatic imine (C=N–C) groups is 1. The van der Waals surface area contributed by atoms with E-state index in [1.165, 1.54) is 17.8 Å². The van der Waals surface area contributed by atoms with Crippen molar-refractivity contribution in [1.82, 2.24) is 4.90 Å². The summed E-state index contributed by atoms with van der Waals surface area (Å²) in [5.74, 6) is 0.698. The molecule has 1 aliphatic heterocycles. The number of thioether (sulfide) groups is 1. The summed E-state index contributed by atoms with van der Waals surface area (Å²) in [5, 5.41) is 0.759. The van der Waals surface area contributed by atoms with Gasteiger partial charge in [-0.15, -0.1) is 0 Å². The van der Waals surface area contributed by atoms with Crippen LogP contribution < -0.4 is 0 Å². The molecule has 5 heteroatoms. The average molecular weight is 306 g/mol. The Morgan fingerprint density at radius 3 is 2.86 bits per heavy atom.